The predicted octanol–water partition coefficient (Wildman–Crippen LogP) is 5.77. The summed E-state index contributed by atoms with van der Waals surface area (Å²) in [5.74, 6) is -0.373. The van der Waals surface area contributed by atoms with E-state index in [-0.39, 0.29) is 10.7 Å². The Morgan fingerprint density at radius 1 is 0.828 bits per heavy atom. The number of pyridine rings is 1. The van der Waals surface area contributed by atoms with Crippen molar-refractivity contribution >= 4 is 29.5 Å². The molecule has 8 heteroatoms. The molecule has 29 heavy (non-hydrogen) atoms. The van der Waals surface area contributed by atoms with Crippen molar-refractivity contribution in [3.63, 3.8) is 0 Å². The fourth-order valence-corrected chi connectivity index (χ4v) is 5.01. The van der Waals surface area contributed by atoms with Crippen LogP contribution in [-0.2, 0) is 9.46 Å². The molecule has 0 bridgehead atoms. The van der Waals surface area contributed by atoms with Gasteiger partial charge in [-0.15, -0.1) is 0 Å². The Morgan fingerprint density at radius 2 is 1.38 bits per heavy atom. The number of hydrogen-bond donors (Lipinski definition) is 1. The van der Waals surface area contributed by atoms with Crippen molar-refractivity contribution in [1.29, 1.82) is 0 Å². The van der Waals surface area contributed by atoms with E-state index in [4.69, 9.17) is 11.6 Å². The Kier molecular flexibility index (Phi) is 5.26. The summed E-state index contributed by atoms with van der Waals surface area (Å²) in [6.45, 7) is 0. The number of nitrogens with one attached hydrogen (secondary N) is 1. The van der Waals surface area contributed by atoms with Gasteiger partial charge in [0.1, 0.15) is 10.7 Å². The highest BCUT2D eigenvalue weighted by molar-refractivity contribution is 8.37. The Morgan fingerprint density at radius 3 is 1.97 bits per heavy atom. The third kappa shape index (κ3) is 3.97. The highest BCUT2D eigenvalue weighted by Gasteiger charge is 2.27. The van der Waals surface area contributed by atoms with Gasteiger partial charge in [0.2, 0.25) is 0 Å². The Balaban J connectivity index is 2.10. The SMILES string of the molecule is O=S(=O)(P)c1c(-c2ccc(Cl)cc2)[nH]c(-c2ccc(F)cc2)c1-c1ccncc1. The molecule has 4 aromatic rings. The minimum Gasteiger partial charge on any atom is -0.353 e. The molecule has 2 aromatic carbocycles. The molecule has 2 heterocycles. The highest BCUT2D eigenvalue weighted by atomic mass is 35.5. The van der Waals surface area contributed by atoms with E-state index in [2.05, 4.69) is 9.97 Å². The lowest BCUT2D eigenvalue weighted by Crippen LogP contribution is -1.94. The van der Waals surface area contributed by atoms with Crippen LogP contribution in [0.5, 0.6) is 0 Å². The largest absolute Gasteiger partial charge is 0.353 e. The van der Waals surface area contributed by atoms with Crippen LogP contribution in [0, 0.1) is 5.82 Å². The smallest absolute Gasteiger partial charge is 0.191 e. The van der Waals surface area contributed by atoms with E-state index in [9.17, 15) is 12.8 Å². The Hall–Kier alpha value is -2.53. The van der Waals surface area contributed by atoms with Gasteiger partial charge in [-0.3, -0.25) is 4.98 Å². The summed E-state index contributed by atoms with van der Waals surface area (Å²) in [5, 5.41) is 0.545. The van der Waals surface area contributed by atoms with Gasteiger partial charge in [-0.1, -0.05) is 23.7 Å². The Labute approximate surface area is 174 Å². The number of halogens is 2. The van der Waals surface area contributed by atoms with Gasteiger partial charge in [-0.2, -0.15) is 0 Å². The summed E-state index contributed by atoms with van der Waals surface area (Å²) in [4.78, 5) is 7.41. The zero-order chi connectivity index (χ0) is 20.6. The van der Waals surface area contributed by atoms with Crippen molar-refractivity contribution < 1.29 is 12.8 Å². The number of rotatable bonds is 4. The van der Waals surface area contributed by atoms with Crippen molar-refractivity contribution in [3.05, 3.63) is 83.9 Å². The molecule has 2 aromatic heterocycles. The highest BCUT2D eigenvalue weighted by Crippen LogP contribution is 2.44. The normalized spacial score (nSPS) is 11.6. The molecule has 0 aliphatic rings. The molecule has 0 amide bonds. The summed E-state index contributed by atoms with van der Waals surface area (Å²) in [7, 11) is -1.79. The number of hydrogen-bond acceptors (Lipinski definition) is 3. The first-order valence-corrected chi connectivity index (χ1v) is 11.9. The third-order valence-electron chi connectivity index (χ3n) is 4.47. The number of aromatic amines is 1. The molecule has 146 valence electrons. The van der Waals surface area contributed by atoms with Crippen LogP contribution in [0.15, 0.2) is 78.0 Å². The van der Waals surface area contributed by atoms with Gasteiger partial charge >= 0.3 is 0 Å². The lowest BCUT2D eigenvalue weighted by atomic mass is 10.0. The molecule has 0 saturated heterocycles. The van der Waals surface area contributed by atoms with Crippen molar-refractivity contribution in [2.75, 3.05) is 0 Å². The van der Waals surface area contributed by atoms with Crippen LogP contribution >= 0.6 is 20.0 Å². The number of H-pyrrole nitrogens is 1. The quantitative estimate of drug-likeness (QED) is 0.406. The molecule has 0 spiro atoms. The van der Waals surface area contributed by atoms with Crippen LogP contribution in [0.3, 0.4) is 0 Å². The molecule has 1 atom stereocenters. The van der Waals surface area contributed by atoms with Crippen molar-refractivity contribution in [3.8, 4) is 33.6 Å². The predicted molar refractivity (Wildman–Crippen MR) is 117 cm³/mol. The summed E-state index contributed by atoms with van der Waals surface area (Å²) < 4.78 is 39.1. The van der Waals surface area contributed by atoms with Gasteiger partial charge < -0.3 is 4.98 Å². The molecular weight excluding hydrogens is 430 g/mol. The van der Waals surface area contributed by atoms with Crippen LogP contribution in [0.25, 0.3) is 33.6 Å². The van der Waals surface area contributed by atoms with E-state index in [0.717, 1.165) is 0 Å². The lowest BCUT2D eigenvalue weighted by molar-refractivity contribution is 0.611. The summed E-state index contributed by atoms with van der Waals surface area (Å²) in [5.41, 5.74) is 3.51. The molecule has 1 unspecified atom stereocenters. The van der Waals surface area contributed by atoms with Gasteiger partial charge in [0.15, 0.2) is 9.46 Å². The fourth-order valence-electron chi connectivity index (χ4n) is 3.21. The van der Waals surface area contributed by atoms with Crippen LogP contribution in [0.2, 0.25) is 5.02 Å². The van der Waals surface area contributed by atoms with E-state index in [1.165, 1.54) is 12.1 Å². The summed E-state index contributed by atoms with van der Waals surface area (Å²) in [6, 6.07) is 16.3. The Bertz CT molecular complexity index is 1270. The molecule has 0 saturated carbocycles. The van der Waals surface area contributed by atoms with E-state index < -0.39 is 9.46 Å². The average Bonchev–Trinajstić information content (AvgIpc) is 3.11. The van der Waals surface area contributed by atoms with Gasteiger partial charge in [-0.25, -0.2) is 12.8 Å². The number of aromatic nitrogens is 2. The molecular formula is C21H15ClFN2O2PS. The zero-order valence-electron chi connectivity index (χ0n) is 14.9. The van der Waals surface area contributed by atoms with Crippen LogP contribution in [0.1, 0.15) is 0 Å². The standard InChI is InChI=1S/C21H15ClFN2O2PS/c22-16-5-1-15(2-6-16)20-21(29(26,27)28)18(13-9-11-24-12-10-13)19(25-20)14-3-7-17(23)8-4-14/h1-12,25H,28H2. The summed E-state index contributed by atoms with van der Waals surface area (Å²) in [6.07, 6.45) is 3.19. The monoisotopic (exact) mass is 444 g/mol. The average molecular weight is 445 g/mol. The molecule has 0 fully saturated rings. The van der Waals surface area contributed by atoms with Crippen LogP contribution < -0.4 is 0 Å². The van der Waals surface area contributed by atoms with E-state index in [0.29, 0.717) is 38.7 Å². The van der Waals surface area contributed by atoms with Crippen LogP contribution in [0.4, 0.5) is 4.39 Å². The van der Waals surface area contributed by atoms with E-state index in [1.807, 2.05) is 8.44 Å². The first kappa shape index (κ1) is 19.8. The molecule has 0 aliphatic carbocycles. The maximum atomic E-state index is 13.5. The lowest BCUT2D eigenvalue weighted by Gasteiger charge is -2.08. The van der Waals surface area contributed by atoms with Gasteiger partial charge in [0, 0.05) is 23.0 Å². The maximum Gasteiger partial charge on any atom is 0.191 e. The first-order valence-electron chi connectivity index (χ1n) is 8.55. The molecule has 1 N–H and O–H groups in total. The van der Waals surface area contributed by atoms with Gasteiger partial charge in [0.05, 0.1) is 11.4 Å². The third-order valence-corrected chi connectivity index (χ3v) is 6.41. The van der Waals surface area contributed by atoms with Gasteiger partial charge in [0.25, 0.3) is 0 Å². The molecule has 4 nitrogen and oxygen atoms in total. The second-order valence-electron chi connectivity index (χ2n) is 6.37. The first-order chi connectivity index (χ1) is 13.8. The topological polar surface area (TPSA) is 62.8 Å². The second kappa shape index (κ2) is 7.71. The van der Waals surface area contributed by atoms with Crippen molar-refractivity contribution in [2.45, 2.75) is 4.90 Å². The zero-order valence-corrected chi connectivity index (χ0v) is 17.7. The van der Waals surface area contributed by atoms with Crippen LogP contribution in [-0.4, -0.2) is 18.4 Å². The van der Waals surface area contributed by atoms with E-state index in [1.54, 1.807) is 60.9 Å². The van der Waals surface area contributed by atoms with E-state index >= 15 is 0 Å². The fraction of sp³-hybridized carbons (Fsp3) is 0. The second-order valence-corrected chi connectivity index (χ2v) is 10.2. The van der Waals surface area contributed by atoms with Crippen molar-refractivity contribution in [2.24, 2.45) is 0 Å². The summed E-state index contributed by atoms with van der Waals surface area (Å²) >= 11 is 6.00. The molecule has 0 radical (unpaired) electrons. The van der Waals surface area contributed by atoms with Crippen molar-refractivity contribution in [1.82, 2.24) is 9.97 Å². The number of benzene rings is 2. The molecule has 0 aliphatic heterocycles. The minimum atomic E-state index is -3.71. The minimum absolute atomic E-state index is 0.135. The number of nitrogens with zero attached hydrogens (tertiary/aromatic N) is 1. The maximum absolute atomic E-state index is 13.5. The van der Waals surface area contributed by atoms with Gasteiger partial charge in [-0.05, 0) is 73.7 Å². The molecule has 4 rings (SSSR count).